The van der Waals surface area contributed by atoms with Crippen molar-refractivity contribution in [1.82, 2.24) is 9.55 Å². The number of hydrogen-bond acceptors (Lipinski definition) is 5. The summed E-state index contributed by atoms with van der Waals surface area (Å²) in [6.07, 6.45) is 1.33. The van der Waals surface area contributed by atoms with E-state index in [0.717, 1.165) is 4.47 Å². The molecule has 88 valence electrons. The molecule has 0 bridgehead atoms. The number of imidazole rings is 1. The molecule has 0 unspecified atom stereocenters. The number of halogens is 1. The van der Waals surface area contributed by atoms with E-state index in [1.54, 1.807) is 11.4 Å². The third-order valence-corrected chi connectivity index (χ3v) is 4.11. The van der Waals surface area contributed by atoms with Crippen LogP contribution >= 0.6 is 27.3 Å². The Morgan fingerprint density at radius 2 is 2.28 bits per heavy atom. The normalized spacial score (nSPS) is 9.72. The third kappa shape index (κ3) is 2.19. The van der Waals surface area contributed by atoms with Gasteiger partial charge in [-0.25, -0.2) is 4.98 Å². The molecule has 0 radical (unpaired) electrons. The molecular weight excluding hydrogens is 316 g/mol. The van der Waals surface area contributed by atoms with Gasteiger partial charge in [-0.1, -0.05) is 0 Å². The average Bonchev–Trinajstić information content (AvgIpc) is 2.94. The van der Waals surface area contributed by atoms with Crippen molar-refractivity contribution in [3.05, 3.63) is 38.5 Å². The Morgan fingerprint density at radius 1 is 1.50 bits per heavy atom. The van der Waals surface area contributed by atoms with Crippen molar-refractivity contribution in [2.24, 2.45) is 0 Å². The number of hydrogen-bond donors (Lipinski definition) is 0. The predicted octanol–water partition coefficient (Wildman–Crippen LogP) is 2.33. The Kier molecular flexibility index (Phi) is 3.56. The van der Waals surface area contributed by atoms with Gasteiger partial charge in [-0.15, -0.1) is 11.3 Å². The van der Waals surface area contributed by atoms with Gasteiger partial charge in [0.15, 0.2) is 17.2 Å². The van der Waals surface area contributed by atoms with Crippen molar-refractivity contribution < 1.29 is 4.79 Å². The first-order chi connectivity index (χ1) is 8.67. The number of aromatic nitrogens is 2. The van der Waals surface area contributed by atoms with E-state index >= 15 is 0 Å². The van der Waals surface area contributed by atoms with Crippen LogP contribution in [-0.4, -0.2) is 15.3 Å². The maximum absolute atomic E-state index is 12.0. The van der Waals surface area contributed by atoms with Crippen LogP contribution in [-0.2, 0) is 6.54 Å². The highest BCUT2D eigenvalue weighted by atomic mass is 79.9. The highest BCUT2D eigenvalue weighted by Crippen LogP contribution is 2.23. The van der Waals surface area contributed by atoms with E-state index in [1.807, 2.05) is 12.1 Å². The molecule has 2 aromatic rings. The summed E-state index contributed by atoms with van der Waals surface area (Å²) in [7, 11) is 0. The van der Waals surface area contributed by atoms with Crippen LogP contribution in [0.2, 0.25) is 0 Å². The van der Waals surface area contributed by atoms with Gasteiger partial charge in [0.1, 0.15) is 12.1 Å². The largest absolute Gasteiger partial charge is 0.313 e. The lowest BCUT2D eigenvalue weighted by atomic mass is 10.3. The van der Waals surface area contributed by atoms with E-state index < -0.39 is 0 Å². The van der Waals surface area contributed by atoms with Crippen LogP contribution in [0.15, 0.2) is 22.2 Å². The summed E-state index contributed by atoms with van der Waals surface area (Å²) in [5.41, 5.74) is 0.147. The fourth-order valence-electron chi connectivity index (χ4n) is 1.42. The molecule has 0 aliphatic rings. The van der Waals surface area contributed by atoms with Gasteiger partial charge in [-0.2, -0.15) is 10.5 Å². The summed E-state index contributed by atoms with van der Waals surface area (Å²) in [5, 5.41) is 19.5. The van der Waals surface area contributed by atoms with Crippen LogP contribution in [0.25, 0.3) is 0 Å². The second-order valence-electron chi connectivity index (χ2n) is 3.31. The zero-order valence-electron chi connectivity index (χ0n) is 8.92. The van der Waals surface area contributed by atoms with Crippen molar-refractivity contribution in [3.8, 4) is 12.1 Å². The molecule has 18 heavy (non-hydrogen) atoms. The van der Waals surface area contributed by atoms with Crippen molar-refractivity contribution in [3.63, 3.8) is 0 Å². The fourth-order valence-corrected chi connectivity index (χ4v) is 2.95. The molecule has 7 heteroatoms. The molecule has 0 aromatic carbocycles. The molecule has 2 heterocycles. The third-order valence-electron chi connectivity index (χ3n) is 2.23. The van der Waals surface area contributed by atoms with Crippen molar-refractivity contribution in [2.75, 3.05) is 0 Å². The van der Waals surface area contributed by atoms with Crippen molar-refractivity contribution in [2.45, 2.75) is 6.54 Å². The zero-order valence-corrected chi connectivity index (χ0v) is 11.3. The Labute approximate surface area is 115 Å². The van der Waals surface area contributed by atoms with E-state index in [0.29, 0.717) is 4.88 Å². The second kappa shape index (κ2) is 5.13. The van der Waals surface area contributed by atoms with E-state index in [4.69, 9.17) is 10.5 Å². The monoisotopic (exact) mass is 320 g/mol. The van der Waals surface area contributed by atoms with Crippen LogP contribution in [0.4, 0.5) is 0 Å². The van der Waals surface area contributed by atoms with Gasteiger partial charge < -0.3 is 4.57 Å². The molecular formula is C11H5BrN4OS. The maximum Gasteiger partial charge on any atom is 0.193 e. The van der Waals surface area contributed by atoms with Gasteiger partial charge in [0.2, 0.25) is 0 Å². The molecule has 0 fully saturated rings. The lowest BCUT2D eigenvalue weighted by molar-refractivity contribution is 0.0975. The van der Waals surface area contributed by atoms with Gasteiger partial charge in [-0.3, -0.25) is 4.79 Å². The summed E-state index contributed by atoms with van der Waals surface area (Å²) < 4.78 is 2.11. The zero-order chi connectivity index (χ0) is 13.1. The SMILES string of the molecule is N#Cc1ncn(CC(=O)c2sccc2Br)c1C#N. The molecule has 0 saturated carbocycles. The van der Waals surface area contributed by atoms with Gasteiger partial charge >= 0.3 is 0 Å². The summed E-state index contributed by atoms with van der Waals surface area (Å²) in [5.74, 6) is -0.129. The summed E-state index contributed by atoms with van der Waals surface area (Å²) in [6, 6.07) is 5.48. The first-order valence-electron chi connectivity index (χ1n) is 4.79. The summed E-state index contributed by atoms with van der Waals surface area (Å²) >= 11 is 4.61. The van der Waals surface area contributed by atoms with Gasteiger partial charge in [0.25, 0.3) is 0 Å². The smallest absolute Gasteiger partial charge is 0.193 e. The highest BCUT2D eigenvalue weighted by molar-refractivity contribution is 9.10. The van der Waals surface area contributed by atoms with E-state index in [2.05, 4.69) is 20.9 Å². The van der Waals surface area contributed by atoms with Crippen molar-refractivity contribution >= 4 is 33.0 Å². The average molecular weight is 321 g/mol. The standard InChI is InChI=1S/C11H5BrN4OS/c12-7-1-2-18-11(7)10(17)5-16-6-15-8(3-13)9(16)4-14/h1-2,6H,5H2. The molecule has 0 N–H and O–H groups in total. The second-order valence-corrected chi connectivity index (χ2v) is 5.08. The molecule has 5 nitrogen and oxygen atoms in total. The van der Waals surface area contributed by atoms with Crippen LogP contribution in [0.3, 0.4) is 0 Å². The summed E-state index contributed by atoms with van der Waals surface area (Å²) in [4.78, 5) is 16.4. The van der Waals surface area contributed by atoms with Gasteiger partial charge in [0.05, 0.1) is 17.7 Å². The Balaban J connectivity index is 2.29. The molecule has 0 saturated heterocycles. The number of carbonyl (C=O) groups excluding carboxylic acids is 1. The van der Waals surface area contributed by atoms with Gasteiger partial charge in [0, 0.05) is 4.47 Å². The molecule has 0 atom stereocenters. The molecule has 0 aliphatic carbocycles. The number of nitriles is 2. The topological polar surface area (TPSA) is 82.5 Å². The van der Waals surface area contributed by atoms with Gasteiger partial charge in [-0.05, 0) is 27.4 Å². The van der Waals surface area contributed by atoms with Crippen LogP contribution in [0, 0.1) is 22.7 Å². The number of ketones is 1. The lowest BCUT2D eigenvalue weighted by Gasteiger charge is -2.01. The molecule has 0 amide bonds. The van der Waals surface area contributed by atoms with Crippen LogP contribution in [0.1, 0.15) is 21.1 Å². The first kappa shape index (κ1) is 12.5. The molecule has 0 spiro atoms. The minimum absolute atomic E-state index is 0.00329. The fraction of sp³-hybridized carbons (Fsp3) is 0.0909. The summed E-state index contributed by atoms with van der Waals surface area (Å²) in [6.45, 7) is -0.00329. The molecule has 2 aromatic heterocycles. The number of Topliss-reactive ketones (excluding diaryl/α,β-unsaturated/α-hetero) is 1. The Hall–Kier alpha value is -1.96. The first-order valence-corrected chi connectivity index (χ1v) is 6.46. The van der Waals surface area contributed by atoms with E-state index in [1.165, 1.54) is 22.2 Å². The predicted molar refractivity (Wildman–Crippen MR) is 68.0 cm³/mol. The number of carbonyl (C=O) groups is 1. The molecule has 0 aliphatic heterocycles. The minimum atomic E-state index is -0.129. The number of nitrogens with zero attached hydrogens (tertiary/aromatic N) is 4. The Morgan fingerprint density at radius 3 is 2.83 bits per heavy atom. The quantitative estimate of drug-likeness (QED) is 0.812. The van der Waals surface area contributed by atoms with Crippen LogP contribution < -0.4 is 0 Å². The number of rotatable bonds is 3. The van der Waals surface area contributed by atoms with Crippen LogP contribution in [0.5, 0.6) is 0 Å². The lowest BCUT2D eigenvalue weighted by Crippen LogP contribution is -2.10. The highest BCUT2D eigenvalue weighted by Gasteiger charge is 2.16. The maximum atomic E-state index is 12.0. The molecule has 2 rings (SSSR count). The number of thiophene rings is 1. The van der Waals surface area contributed by atoms with Crippen molar-refractivity contribution in [1.29, 1.82) is 10.5 Å². The van der Waals surface area contributed by atoms with E-state index in [-0.39, 0.29) is 23.7 Å². The Bertz CT molecular complexity index is 689. The minimum Gasteiger partial charge on any atom is -0.313 e. The van der Waals surface area contributed by atoms with E-state index in [9.17, 15) is 4.79 Å².